The summed E-state index contributed by atoms with van der Waals surface area (Å²) in [6.45, 7) is 7.41. The molecule has 0 aromatic heterocycles. The van der Waals surface area contributed by atoms with Crippen LogP contribution < -0.4 is 4.72 Å². The van der Waals surface area contributed by atoms with Crippen LogP contribution in [0.2, 0.25) is 5.02 Å². The number of nitrogens with one attached hydrogen (secondary N) is 1. The van der Waals surface area contributed by atoms with Gasteiger partial charge in [-0.3, -0.25) is 4.72 Å². The van der Waals surface area contributed by atoms with E-state index >= 15 is 0 Å². The lowest BCUT2D eigenvalue weighted by Crippen LogP contribution is -2.30. The molecule has 0 amide bonds. The molecular formula is C18H22ClFN2O4S2. The van der Waals surface area contributed by atoms with Crippen molar-refractivity contribution in [2.45, 2.75) is 37.5 Å². The summed E-state index contributed by atoms with van der Waals surface area (Å²) in [5, 5.41) is -0.325. The summed E-state index contributed by atoms with van der Waals surface area (Å²) in [7, 11) is -7.86. The van der Waals surface area contributed by atoms with Gasteiger partial charge in [0.25, 0.3) is 10.0 Å². The number of hydrogen-bond donors (Lipinski definition) is 1. The number of halogens is 2. The van der Waals surface area contributed by atoms with Crippen LogP contribution >= 0.6 is 11.6 Å². The first-order chi connectivity index (χ1) is 12.9. The molecule has 0 atom stereocenters. The zero-order valence-corrected chi connectivity index (χ0v) is 18.3. The van der Waals surface area contributed by atoms with Crippen molar-refractivity contribution in [1.29, 1.82) is 0 Å². The molecule has 154 valence electrons. The Kier molecular flexibility index (Phi) is 6.75. The van der Waals surface area contributed by atoms with Gasteiger partial charge in [0.15, 0.2) is 0 Å². The number of anilines is 1. The van der Waals surface area contributed by atoms with Gasteiger partial charge in [-0.05, 0) is 55.3 Å². The van der Waals surface area contributed by atoms with E-state index in [1.165, 1.54) is 16.4 Å². The molecule has 0 radical (unpaired) electrons. The van der Waals surface area contributed by atoms with Gasteiger partial charge in [0.1, 0.15) is 5.82 Å². The second kappa shape index (κ2) is 8.36. The second-order valence-electron chi connectivity index (χ2n) is 6.18. The molecule has 0 bridgehead atoms. The van der Waals surface area contributed by atoms with Crippen molar-refractivity contribution < 1.29 is 21.2 Å². The molecule has 2 aromatic carbocycles. The Bertz CT molecular complexity index is 1100. The van der Waals surface area contributed by atoms with E-state index in [0.717, 1.165) is 18.2 Å². The lowest BCUT2D eigenvalue weighted by molar-refractivity contribution is 0.445. The van der Waals surface area contributed by atoms with Gasteiger partial charge in [-0.2, -0.15) is 4.31 Å². The third kappa shape index (κ3) is 4.48. The van der Waals surface area contributed by atoms with E-state index in [4.69, 9.17) is 11.6 Å². The van der Waals surface area contributed by atoms with Crippen LogP contribution in [0.5, 0.6) is 0 Å². The molecule has 0 saturated carbocycles. The van der Waals surface area contributed by atoms with Crippen molar-refractivity contribution in [3.63, 3.8) is 0 Å². The Morgan fingerprint density at radius 1 is 1.00 bits per heavy atom. The molecule has 0 unspecified atom stereocenters. The Labute approximate surface area is 170 Å². The van der Waals surface area contributed by atoms with E-state index in [0.29, 0.717) is 24.2 Å². The van der Waals surface area contributed by atoms with Crippen LogP contribution in [0, 0.1) is 19.7 Å². The van der Waals surface area contributed by atoms with E-state index in [9.17, 15) is 21.2 Å². The van der Waals surface area contributed by atoms with Gasteiger partial charge >= 0.3 is 0 Å². The van der Waals surface area contributed by atoms with Crippen molar-refractivity contribution in [2.75, 3.05) is 17.8 Å². The van der Waals surface area contributed by atoms with Gasteiger partial charge in [0.05, 0.1) is 20.5 Å². The number of hydrogen-bond acceptors (Lipinski definition) is 4. The van der Waals surface area contributed by atoms with Crippen molar-refractivity contribution >= 4 is 37.3 Å². The first-order valence-electron chi connectivity index (χ1n) is 8.53. The average Bonchev–Trinajstić information content (AvgIpc) is 2.61. The highest BCUT2D eigenvalue weighted by molar-refractivity contribution is 7.92. The van der Waals surface area contributed by atoms with Crippen LogP contribution in [-0.2, 0) is 20.0 Å². The maximum absolute atomic E-state index is 13.3. The van der Waals surface area contributed by atoms with E-state index in [1.807, 2.05) is 0 Å². The maximum Gasteiger partial charge on any atom is 0.261 e. The number of rotatable bonds is 7. The van der Waals surface area contributed by atoms with Crippen LogP contribution in [0.15, 0.2) is 40.1 Å². The molecule has 28 heavy (non-hydrogen) atoms. The van der Waals surface area contributed by atoms with Gasteiger partial charge < -0.3 is 0 Å². The van der Waals surface area contributed by atoms with Crippen LogP contribution in [0.25, 0.3) is 0 Å². The summed E-state index contributed by atoms with van der Waals surface area (Å²) < 4.78 is 68.0. The molecule has 0 saturated heterocycles. The lowest BCUT2D eigenvalue weighted by Gasteiger charge is -2.20. The van der Waals surface area contributed by atoms with E-state index < -0.39 is 25.9 Å². The fourth-order valence-electron chi connectivity index (χ4n) is 2.64. The van der Waals surface area contributed by atoms with Crippen molar-refractivity contribution in [3.05, 3.63) is 52.3 Å². The minimum absolute atomic E-state index is 0.00543. The van der Waals surface area contributed by atoms with Gasteiger partial charge in [0, 0.05) is 13.1 Å². The molecule has 0 spiro atoms. The fourth-order valence-corrected chi connectivity index (χ4v) is 5.60. The molecule has 2 aromatic rings. The van der Waals surface area contributed by atoms with E-state index in [-0.39, 0.29) is 20.5 Å². The highest BCUT2D eigenvalue weighted by atomic mass is 35.5. The van der Waals surface area contributed by atoms with Crippen molar-refractivity contribution in [1.82, 2.24) is 4.31 Å². The summed E-state index contributed by atoms with van der Waals surface area (Å²) >= 11 is 5.68. The topological polar surface area (TPSA) is 83.6 Å². The molecule has 0 aliphatic heterocycles. The number of aryl methyl sites for hydroxylation is 1. The number of nitrogens with zero attached hydrogens (tertiary/aromatic N) is 1. The van der Waals surface area contributed by atoms with Crippen LogP contribution in [0.3, 0.4) is 0 Å². The fraction of sp³-hybridized carbons (Fsp3) is 0.333. The average molecular weight is 449 g/mol. The van der Waals surface area contributed by atoms with Gasteiger partial charge in [-0.25, -0.2) is 21.2 Å². The maximum atomic E-state index is 13.3. The van der Waals surface area contributed by atoms with Crippen molar-refractivity contribution in [2.24, 2.45) is 0 Å². The molecule has 0 aliphatic carbocycles. The third-order valence-corrected chi connectivity index (χ3v) is 8.11. The molecule has 1 N–H and O–H groups in total. The smallest absolute Gasteiger partial charge is 0.261 e. The predicted octanol–water partition coefficient (Wildman–Crippen LogP) is 3.93. The standard InChI is InChI=1S/C18H22ClFN2O4S2/c1-5-22(6-2)28(25,26)15-9-12(3)13(4)18(11-15)21-27(23,24)14-7-8-17(20)16(19)10-14/h7-11,21H,5-6H2,1-4H3. The molecular weight excluding hydrogens is 427 g/mol. The SMILES string of the molecule is CCN(CC)S(=O)(=O)c1cc(C)c(C)c(NS(=O)(=O)c2ccc(F)c(Cl)c2)c1. The highest BCUT2D eigenvalue weighted by Gasteiger charge is 2.25. The molecule has 0 heterocycles. The molecule has 0 aliphatic rings. The number of benzene rings is 2. The quantitative estimate of drug-likeness (QED) is 0.695. The van der Waals surface area contributed by atoms with Crippen molar-refractivity contribution in [3.8, 4) is 0 Å². The monoisotopic (exact) mass is 448 g/mol. The Balaban J connectivity index is 2.54. The first kappa shape index (κ1) is 22.6. The largest absolute Gasteiger partial charge is 0.279 e. The Morgan fingerprint density at radius 2 is 1.61 bits per heavy atom. The summed E-state index contributed by atoms with van der Waals surface area (Å²) in [5.41, 5.74) is 1.32. The van der Waals surface area contributed by atoms with Gasteiger partial charge in [-0.15, -0.1) is 0 Å². The molecule has 2 rings (SSSR count). The second-order valence-corrected chi connectivity index (χ2v) is 10.2. The summed E-state index contributed by atoms with van der Waals surface area (Å²) in [5.74, 6) is -0.736. The van der Waals surface area contributed by atoms with Crippen LogP contribution in [0.4, 0.5) is 10.1 Å². The summed E-state index contributed by atoms with van der Waals surface area (Å²) in [6, 6.07) is 5.84. The third-order valence-electron chi connectivity index (χ3n) is 4.43. The lowest BCUT2D eigenvalue weighted by atomic mass is 10.1. The minimum atomic E-state index is -4.10. The van der Waals surface area contributed by atoms with Gasteiger partial charge in [-0.1, -0.05) is 25.4 Å². The number of sulfonamides is 2. The molecule has 10 heteroatoms. The summed E-state index contributed by atoms with van der Waals surface area (Å²) in [6.07, 6.45) is 0. The minimum Gasteiger partial charge on any atom is -0.279 e. The van der Waals surface area contributed by atoms with Gasteiger partial charge in [0.2, 0.25) is 10.0 Å². The summed E-state index contributed by atoms with van der Waals surface area (Å²) in [4.78, 5) is -0.234. The predicted molar refractivity (Wildman–Crippen MR) is 108 cm³/mol. The van der Waals surface area contributed by atoms with E-state index in [1.54, 1.807) is 27.7 Å². The first-order valence-corrected chi connectivity index (χ1v) is 11.8. The Morgan fingerprint density at radius 3 is 2.14 bits per heavy atom. The van der Waals surface area contributed by atoms with Crippen LogP contribution in [-0.4, -0.2) is 34.2 Å². The van der Waals surface area contributed by atoms with E-state index in [2.05, 4.69) is 4.72 Å². The Hall–Kier alpha value is -1.68. The van der Waals surface area contributed by atoms with Crippen LogP contribution in [0.1, 0.15) is 25.0 Å². The zero-order valence-electron chi connectivity index (χ0n) is 16.0. The highest BCUT2D eigenvalue weighted by Crippen LogP contribution is 2.29. The normalized spacial score (nSPS) is 12.4. The molecule has 0 fully saturated rings. The zero-order chi connectivity index (χ0) is 21.3. The molecule has 6 nitrogen and oxygen atoms in total.